The predicted octanol–water partition coefficient (Wildman–Crippen LogP) is 2.31. The second-order valence-electron chi connectivity index (χ2n) is 3.25. The Labute approximate surface area is 74.1 Å². The van der Waals surface area contributed by atoms with Gasteiger partial charge in [-0.3, -0.25) is 0 Å². The van der Waals surface area contributed by atoms with Gasteiger partial charge in [0.15, 0.2) is 0 Å². The quantitative estimate of drug-likeness (QED) is 0.726. The molecule has 0 amide bonds. The molecule has 1 atom stereocenters. The summed E-state index contributed by atoms with van der Waals surface area (Å²) in [4.78, 5) is 0. The van der Waals surface area contributed by atoms with Gasteiger partial charge in [0.1, 0.15) is 0 Å². The fraction of sp³-hybridized carbons (Fsp3) is 0.455. The normalized spacial score (nSPS) is 12.9. The van der Waals surface area contributed by atoms with E-state index < -0.39 is 0 Å². The van der Waals surface area contributed by atoms with Gasteiger partial charge in [-0.05, 0) is 25.3 Å². The Balaban J connectivity index is 2.58. The molecule has 12 heavy (non-hydrogen) atoms. The Morgan fingerprint density at radius 3 is 2.33 bits per heavy atom. The summed E-state index contributed by atoms with van der Waals surface area (Å²) in [6, 6.07) is 8.32. The minimum atomic E-state index is -0.187. The number of hydrogen-bond acceptors (Lipinski definition) is 1. The summed E-state index contributed by atoms with van der Waals surface area (Å²) in [7, 11) is 0. The molecule has 0 saturated heterocycles. The summed E-state index contributed by atoms with van der Waals surface area (Å²) in [5, 5.41) is 9.38. The van der Waals surface area contributed by atoms with Crippen LogP contribution in [0.3, 0.4) is 0 Å². The molecule has 1 nitrogen and oxygen atoms in total. The molecular weight excluding hydrogens is 148 g/mol. The zero-order valence-corrected chi connectivity index (χ0v) is 7.75. The van der Waals surface area contributed by atoms with Crippen molar-refractivity contribution in [2.45, 2.75) is 32.8 Å². The number of hydrogen-bond donors (Lipinski definition) is 1. The van der Waals surface area contributed by atoms with E-state index >= 15 is 0 Å². The Bertz CT molecular complexity index is 225. The topological polar surface area (TPSA) is 20.2 Å². The van der Waals surface area contributed by atoms with Crippen LogP contribution in [0.4, 0.5) is 0 Å². The summed E-state index contributed by atoms with van der Waals surface area (Å²) in [6.07, 6.45) is 1.41. The van der Waals surface area contributed by atoms with Crippen molar-refractivity contribution in [2.75, 3.05) is 0 Å². The first-order valence-electron chi connectivity index (χ1n) is 4.46. The van der Waals surface area contributed by atoms with E-state index in [9.17, 15) is 5.11 Å². The highest BCUT2D eigenvalue weighted by molar-refractivity contribution is 5.21. The van der Waals surface area contributed by atoms with Gasteiger partial charge in [0.2, 0.25) is 0 Å². The Kier molecular flexibility index (Phi) is 3.30. The molecule has 1 rings (SSSR count). The van der Waals surface area contributed by atoms with Crippen LogP contribution in [0.5, 0.6) is 0 Å². The summed E-state index contributed by atoms with van der Waals surface area (Å²) in [5.41, 5.74) is 2.49. The number of benzene rings is 1. The van der Waals surface area contributed by atoms with Gasteiger partial charge in [0.25, 0.3) is 0 Å². The highest BCUT2D eigenvalue weighted by Crippen LogP contribution is 2.07. The second kappa shape index (κ2) is 4.27. The van der Waals surface area contributed by atoms with E-state index in [-0.39, 0.29) is 6.10 Å². The standard InChI is InChI=1S/C11H16O/c1-3-11(12)8-10-6-4-9(2)5-7-10/h4-7,11-12H,3,8H2,1-2H3/t11-/m0/s1. The fourth-order valence-corrected chi connectivity index (χ4v) is 1.14. The average molecular weight is 164 g/mol. The molecule has 0 spiro atoms. The zero-order valence-electron chi connectivity index (χ0n) is 7.75. The molecule has 1 aromatic carbocycles. The van der Waals surface area contributed by atoms with Gasteiger partial charge in [0, 0.05) is 0 Å². The minimum absolute atomic E-state index is 0.187. The molecule has 0 aliphatic carbocycles. The lowest BCUT2D eigenvalue weighted by molar-refractivity contribution is 0.171. The molecule has 0 bridgehead atoms. The van der Waals surface area contributed by atoms with Crippen LogP contribution in [0.1, 0.15) is 24.5 Å². The molecule has 0 aliphatic heterocycles. The van der Waals surface area contributed by atoms with Gasteiger partial charge in [0.05, 0.1) is 6.10 Å². The zero-order chi connectivity index (χ0) is 8.97. The van der Waals surface area contributed by atoms with Gasteiger partial charge in [-0.2, -0.15) is 0 Å². The van der Waals surface area contributed by atoms with Crippen molar-refractivity contribution in [1.29, 1.82) is 0 Å². The largest absolute Gasteiger partial charge is 0.393 e. The van der Waals surface area contributed by atoms with Crippen LogP contribution in [0.15, 0.2) is 24.3 Å². The van der Waals surface area contributed by atoms with Crippen LogP contribution in [0, 0.1) is 6.92 Å². The lowest BCUT2D eigenvalue weighted by Crippen LogP contribution is -2.07. The van der Waals surface area contributed by atoms with E-state index in [0.29, 0.717) is 0 Å². The van der Waals surface area contributed by atoms with E-state index in [1.807, 2.05) is 6.92 Å². The van der Waals surface area contributed by atoms with Crippen molar-refractivity contribution in [3.8, 4) is 0 Å². The third-order valence-electron chi connectivity index (χ3n) is 2.06. The lowest BCUT2D eigenvalue weighted by Gasteiger charge is -2.07. The summed E-state index contributed by atoms with van der Waals surface area (Å²) < 4.78 is 0. The van der Waals surface area contributed by atoms with Crippen LogP contribution >= 0.6 is 0 Å². The van der Waals surface area contributed by atoms with E-state index in [4.69, 9.17) is 0 Å². The average Bonchev–Trinajstić information content (AvgIpc) is 2.09. The summed E-state index contributed by atoms with van der Waals surface area (Å²) >= 11 is 0. The summed E-state index contributed by atoms with van der Waals surface area (Å²) in [5.74, 6) is 0. The molecule has 1 aromatic rings. The van der Waals surface area contributed by atoms with Crippen LogP contribution in [0.25, 0.3) is 0 Å². The van der Waals surface area contributed by atoms with Gasteiger partial charge >= 0.3 is 0 Å². The SMILES string of the molecule is CC[C@H](O)Cc1ccc(C)cc1. The Hall–Kier alpha value is -0.820. The van der Waals surface area contributed by atoms with E-state index in [1.165, 1.54) is 11.1 Å². The van der Waals surface area contributed by atoms with E-state index in [2.05, 4.69) is 31.2 Å². The van der Waals surface area contributed by atoms with Gasteiger partial charge in [-0.25, -0.2) is 0 Å². The molecule has 1 heteroatoms. The molecule has 0 aromatic heterocycles. The first kappa shape index (κ1) is 9.27. The van der Waals surface area contributed by atoms with Crippen molar-refractivity contribution in [3.05, 3.63) is 35.4 Å². The summed E-state index contributed by atoms with van der Waals surface area (Å²) in [6.45, 7) is 4.07. The number of aliphatic hydroxyl groups is 1. The molecule has 0 radical (unpaired) electrons. The van der Waals surface area contributed by atoms with Crippen LogP contribution < -0.4 is 0 Å². The highest BCUT2D eigenvalue weighted by Gasteiger charge is 2.01. The maximum Gasteiger partial charge on any atom is 0.0577 e. The third-order valence-corrected chi connectivity index (χ3v) is 2.06. The first-order chi connectivity index (χ1) is 5.72. The highest BCUT2D eigenvalue weighted by atomic mass is 16.3. The smallest absolute Gasteiger partial charge is 0.0577 e. The second-order valence-corrected chi connectivity index (χ2v) is 3.25. The van der Waals surface area contributed by atoms with Crippen molar-refractivity contribution in [3.63, 3.8) is 0 Å². The molecule has 0 heterocycles. The van der Waals surface area contributed by atoms with Crippen LogP contribution in [-0.2, 0) is 6.42 Å². The molecular formula is C11H16O. The first-order valence-corrected chi connectivity index (χ1v) is 4.46. The molecule has 0 fully saturated rings. The predicted molar refractivity (Wildman–Crippen MR) is 51.2 cm³/mol. The molecule has 66 valence electrons. The van der Waals surface area contributed by atoms with Crippen molar-refractivity contribution in [2.24, 2.45) is 0 Å². The minimum Gasteiger partial charge on any atom is -0.393 e. The van der Waals surface area contributed by atoms with Crippen molar-refractivity contribution < 1.29 is 5.11 Å². The van der Waals surface area contributed by atoms with Gasteiger partial charge in [-0.1, -0.05) is 36.8 Å². The Morgan fingerprint density at radius 1 is 1.25 bits per heavy atom. The van der Waals surface area contributed by atoms with Gasteiger partial charge in [-0.15, -0.1) is 0 Å². The molecule has 1 N–H and O–H groups in total. The number of aryl methyl sites for hydroxylation is 1. The molecule has 0 saturated carbocycles. The maximum atomic E-state index is 9.38. The fourth-order valence-electron chi connectivity index (χ4n) is 1.14. The van der Waals surface area contributed by atoms with Crippen molar-refractivity contribution in [1.82, 2.24) is 0 Å². The molecule has 0 unspecified atom stereocenters. The van der Waals surface area contributed by atoms with Crippen molar-refractivity contribution >= 4 is 0 Å². The number of rotatable bonds is 3. The van der Waals surface area contributed by atoms with Crippen LogP contribution in [0.2, 0.25) is 0 Å². The monoisotopic (exact) mass is 164 g/mol. The third kappa shape index (κ3) is 2.67. The van der Waals surface area contributed by atoms with Gasteiger partial charge < -0.3 is 5.11 Å². The van der Waals surface area contributed by atoms with Crippen LogP contribution in [-0.4, -0.2) is 11.2 Å². The molecule has 0 aliphatic rings. The number of aliphatic hydroxyl groups excluding tert-OH is 1. The van der Waals surface area contributed by atoms with E-state index in [0.717, 1.165) is 12.8 Å². The Morgan fingerprint density at radius 2 is 1.83 bits per heavy atom. The van der Waals surface area contributed by atoms with E-state index in [1.54, 1.807) is 0 Å². The lowest BCUT2D eigenvalue weighted by atomic mass is 10.1. The maximum absolute atomic E-state index is 9.38.